The number of anilines is 1. The average Bonchev–Trinajstić information content (AvgIpc) is 2.33. The van der Waals surface area contributed by atoms with Gasteiger partial charge in [-0.05, 0) is 19.8 Å². The number of hydrogen-bond acceptors (Lipinski definition) is 3. The third kappa shape index (κ3) is 2.38. The van der Waals surface area contributed by atoms with Crippen molar-refractivity contribution in [1.82, 2.24) is 10.2 Å². The summed E-state index contributed by atoms with van der Waals surface area (Å²) in [5.74, 6) is 1.45. The molecule has 0 spiro atoms. The third-order valence-electron chi connectivity index (χ3n) is 3.24. The summed E-state index contributed by atoms with van der Waals surface area (Å²) < 4.78 is 0. The van der Waals surface area contributed by atoms with Crippen LogP contribution in [-0.4, -0.2) is 16.2 Å². The van der Waals surface area contributed by atoms with Crippen LogP contribution < -0.4 is 5.32 Å². The standard InChI is InChI=1S/C14H19N3/c1-9(2)10(3)15-14-13-8-6-5-7-12(13)11(4)16-17-14/h5-10H,1-4H3,(H,15,17). The van der Waals surface area contributed by atoms with Crippen LogP contribution in [0.1, 0.15) is 26.5 Å². The maximum atomic E-state index is 4.27. The van der Waals surface area contributed by atoms with Crippen molar-refractivity contribution in [1.29, 1.82) is 0 Å². The highest BCUT2D eigenvalue weighted by atomic mass is 15.2. The minimum atomic E-state index is 0.385. The molecular formula is C14H19N3. The van der Waals surface area contributed by atoms with Crippen molar-refractivity contribution in [3.63, 3.8) is 0 Å². The summed E-state index contributed by atoms with van der Waals surface area (Å²) in [6.07, 6.45) is 0. The van der Waals surface area contributed by atoms with Gasteiger partial charge in [0.2, 0.25) is 0 Å². The van der Waals surface area contributed by atoms with Crippen LogP contribution in [0.5, 0.6) is 0 Å². The monoisotopic (exact) mass is 229 g/mol. The van der Waals surface area contributed by atoms with Crippen molar-refractivity contribution >= 4 is 16.6 Å². The predicted octanol–water partition coefficient (Wildman–Crippen LogP) is 3.39. The van der Waals surface area contributed by atoms with Crippen molar-refractivity contribution < 1.29 is 0 Å². The second kappa shape index (κ2) is 4.70. The van der Waals surface area contributed by atoms with E-state index < -0.39 is 0 Å². The van der Waals surface area contributed by atoms with E-state index in [0.29, 0.717) is 12.0 Å². The maximum absolute atomic E-state index is 4.27. The summed E-state index contributed by atoms with van der Waals surface area (Å²) in [6, 6.07) is 8.63. The van der Waals surface area contributed by atoms with Crippen LogP contribution >= 0.6 is 0 Å². The van der Waals surface area contributed by atoms with Crippen molar-refractivity contribution in [2.75, 3.05) is 5.32 Å². The smallest absolute Gasteiger partial charge is 0.156 e. The molecule has 0 aliphatic rings. The first-order chi connectivity index (χ1) is 8.09. The summed E-state index contributed by atoms with van der Waals surface area (Å²) in [7, 11) is 0. The Morgan fingerprint density at radius 1 is 1.00 bits per heavy atom. The van der Waals surface area contributed by atoms with Crippen molar-refractivity contribution in [2.24, 2.45) is 5.92 Å². The molecule has 1 heterocycles. The molecule has 3 heteroatoms. The van der Waals surface area contributed by atoms with Crippen LogP contribution in [0, 0.1) is 12.8 Å². The highest BCUT2D eigenvalue weighted by Gasteiger charge is 2.11. The van der Waals surface area contributed by atoms with Crippen LogP contribution in [0.2, 0.25) is 0 Å². The van der Waals surface area contributed by atoms with E-state index in [1.807, 2.05) is 19.1 Å². The Bertz CT molecular complexity index is 520. The lowest BCUT2D eigenvalue weighted by atomic mass is 10.1. The van der Waals surface area contributed by atoms with Gasteiger partial charge in [-0.1, -0.05) is 38.1 Å². The molecule has 0 aliphatic carbocycles. The molecule has 0 saturated carbocycles. The molecule has 1 unspecified atom stereocenters. The van der Waals surface area contributed by atoms with Crippen LogP contribution in [0.15, 0.2) is 24.3 Å². The predicted molar refractivity (Wildman–Crippen MR) is 72.2 cm³/mol. The molecule has 17 heavy (non-hydrogen) atoms. The molecule has 3 nitrogen and oxygen atoms in total. The van der Waals surface area contributed by atoms with Gasteiger partial charge < -0.3 is 5.32 Å². The zero-order valence-electron chi connectivity index (χ0n) is 10.9. The summed E-state index contributed by atoms with van der Waals surface area (Å²) in [6.45, 7) is 8.55. The number of nitrogens with one attached hydrogen (secondary N) is 1. The lowest BCUT2D eigenvalue weighted by Gasteiger charge is -2.19. The Morgan fingerprint density at radius 3 is 2.29 bits per heavy atom. The first-order valence-corrected chi connectivity index (χ1v) is 6.08. The third-order valence-corrected chi connectivity index (χ3v) is 3.24. The molecule has 0 fully saturated rings. The quantitative estimate of drug-likeness (QED) is 0.876. The first kappa shape index (κ1) is 11.8. The van der Waals surface area contributed by atoms with E-state index in [1.54, 1.807) is 0 Å². The summed E-state index contributed by atoms with van der Waals surface area (Å²) in [5.41, 5.74) is 0.975. The number of fused-ring (bicyclic) bond motifs is 1. The Hall–Kier alpha value is -1.64. The van der Waals surface area contributed by atoms with Gasteiger partial charge in [-0.15, -0.1) is 5.10 Å². The van der Waals surface area contributed by atoms with E-state index in [0.717, 1.165) is 16.9 Å². The number of hydrogen-bond donors (Lipinski definition) is 1. The van der Waals surface area contributed by atoms with Crippen LogP contribution in [-0.2, 0) is 0 Å². The second-order valence-electron chi connectivity index (χ2n) is 4.86. The zero-order chi connectivity index (χ0) is 12.4. The van der Waals surface area contributed by atoms with Crippen LogP contribution in [0.4, 0.5) is 5.82 Å². The lowest BCUT2D eigenvalue weighted by molar-refractivity contribution is 0.558. The average molecular weight is 229 g/mol. The van der Waals surface area contributed by atoms with Gasteiger partial charge in [0, 0.05) is 16.8 Å². The van der Waals surface area contributed by atoms with Crippen LogP contribution in [0.3, 0.4) is 0 Å². The van der Waals surface area contributed by atoms with Gasteiger partial charge in [-0.25, -0.2) is 0 Å². The van der Waals surface area contributed by atoms with Gasteiger partial charge in [0.05, 0.1) is 5.69 Å². The minimum Gasteiger partial charge on any atom is -0.365 e. The summed E-state index contributed by atoms with van der Waals surface area (Å²) >= 11 is 0. The van der Waals surface area contributed by atoms with E-state index >= 15 is 0 Å². The molecule has 1 atom stereocenters. The molecule has 0 amide bonds. The Balaban J connectivity index is 2.45. The molecule has 90 valence electrons. The molecule has 1 aromatic carbocycles. The lowest BCUT2D eigenvalue weighted by Crippen LogP contribution is -2.22. The SMILES string of the molecule is Cc1nnc(NC(C)C(C)C)c2ccccc12. The van der Waals surface area contributed by atoms with Crippen molar-refractivity contribution in [2.45, 2.75) is 33.7 Å². The molecule has 0 aliphatic heterocycles. The van der Waals surface area contributed by atoms with E-state index in [2.05, 4.69) is 48.4 Å². The highest BCUT2D eigenvalue weighted by Crippen LogP contribution is 2.23. The molecule has 0 bridgehead atoms. The Morgan fingerprint density at radius 2 is 1.65 bits per heavy atom. The topological polar surface area (TPSA) is 37.8 Å². The normalized spacial score (nSPS) is 13.0. The van der Waals surface area contributed by atoms with Gasteiger partial charge >= 0.3 is 0 Å². The van der Waals surface area contributed by atoms with Gasteiger partial charge in [-0.2, -0.15) is 5.10 Å². The number of aromatic nitrogens is 2. The van der Waals surface area contributed by atoms with Gasteiger partial charge in [0.25, 0.3) is 0 Å². The van der Waals surface area contributed by atoms with E-state index in [9.17, 15) is 0 Å². The van der Waals surface area contributed by atoms with Crippen LogP contribution in [0.25, 0.3) is 10.8 Å². The van der Waals surface area contributed by atoms with Crippen molar-refractivity contribution in [3.05, 3.63) is 30.0 Å². The largest absolute Gasteiger partial charge is 0.365 e. The molecule has 2 aromatic rings. The number of benzene rings is 1. The van der Waals surface area contributed by atoms with E-state index in [-0.39, 0.29) is 0 Å². The van der Waals surface area contributed by atoms with Crippen molar-refractivity contribution in [3.8, 4) is 0 Å². The summed E-state index contributed by atoms with van der Waals surface area (Å²) in [5, 5.41) is 14.2. The Kier molecular flexibility index (Phi) is 3.27. The fraction of sp³-hybridized carbons (Fsp3) is 0.429. The highest BCUT2D eigenvalue weighted by molar-refractivity contribution is 5.92. The first-order valence-electron chi connectivity index (χ1n) is 6.08. The number of nitrogens with zero attached hydrogens (tertiary/aromatic N) is 2. The molecule has 1 N–H and O–H groups in total. The number of rotatable bonds is 3. The van der Waals surface area contributed by atoms with E-state index in [4.69, 9.17) is 0 Å². The molecule has 0 saturated heterocycles. The second-order valence-corrected chi connectivity index (χ2v) is 4.86. The molecule has 2 rings (SSSR count). The van der Waals surface area contributed by atoms with E-state index in [1.165, 1.54) is 5.39 Å². The minimum absolute atomic E-state index is 0.385. The van der Waals surface area contributed by atoms with Gasteiger partial charge in [0.1, 0.15) is 0 Å². The molecular weight excluding hydrogens is 210 g/mol. The Labute approximate surface area is 102 Å². The molecule has 1 aromatic heterocycles. The van der Waals surface area contributed by atoms with Gasteiger partial charge in [-0.3, -0.25) is 0 Å². The van der Waals surface area contributed by atoms with Gasteiger partial charge in [0.15, 0.2) is 5.82 Å². The summed E-state index contributed by atoms with van der Waals surface area (Å²) in [4.78, 5) is 0. The fourth-order valence-electron chi connectivity index (χ4n) is 1.73. The zero-order valence-corrected chi connectivity index (χ0v) is 10.9. The number of aryl methyl sites for hydroxylation is 1. The fourth-order valence-corrected chi connectivity index (χ4v) is 1.73. The maximum Gasteiger partial charge on any atom is 0.156 e. The molecule has 0 radical (unpaired) electrons.